The summed E-state index contributed by atoms with van der Waals surface area (Å²) in [4.78, 5) is 15.6. The largest absolute Gasteiger partial charge is 0.508 e. The summed E-state index contributed by atoms with van der Waals surface area (Å²) in [6.07, 6.45) is 3.70. The van der Waals surface area contributed by atoms with E-state index >= 15 is 0 Å². The molecule has 13 nitrogen and oxygen atoms in total. The Kier molecular flexibility index (Phi) is 9.45. The van der Waals surface area contributed by atoms with Gasteiger partial charge in [-0.05, 0) is 77.8 Å². The van der Waals surface area contributed by atoms with Crippen molar-refractivity contribution in [3.05, 3.63) is 71.0 Å². The number of ether oxygens (including phenoxy) is 2. The molecule has 0 radical (unpaired) electrons. The number of aromatic nitrogens is 3. The molecule has 1 aromatic heterocycles. The van der Waals surface area contributed by atoms with Crippen molar-refractivity contribution < 1.29 is 27.8 Å². The molecule has 260 valence electrons. The monoisotopic (exact) mass is 689 g/mol. The summed E-state index contributed by atoms with van der Waals surface area (Å²) >= 11 is 0. The van der Waals surface area contributed by atoms with Crippen LogP contribution in [0.3, 0.4) is 0 Å². The Balaban J connectivity index is 1.10. The van der Waals surface area contributed by atoms with Crippen molar-refractivity contribution in [1.82, 2.24) is 19.7 Å². The molecule has 0 bridgehead atoms. The number of nitrogens with one attached hydrogen (secondary N) is 3. The SMILES string of the molecule is COc1c(NC(=O)Nc2ccc(OCCN3CCn4c(nnc4-c4cccc(O)c4)C3)c3c2CCC3)cc(C(C)(C)C)cc1NS(C)(=O)=O. The Morgan fingerprint density at radius 1 is 0.980 bits per heavy atom. The normalized spacial score (nSPS) is 14.6. The standard InChI is InChI=1S/C35H43N7O6S/c1-35(2,3)23-19-28(32(47-4)29(20-23)40-49(5,45)46)37-34(44)36-27-12-13-30(26-11-7-10-25(26)27)48-17-16-41-14-15-42-31(21-41)38-39-33(42)22-8-6-9-24(43)18-22/h6,8-9,12-13,18-20,40,43H,7,10-11,14-17,21H2,1-5H3,(H2,36,37,44). The number of aromatic hydroxyl groups is 1. The maximum Gasteiger partial charge on any atom is 0.323 e. The molecule has 0 saturated carbocycles. The number of sulfonamides is 1. The van der Waals surface area contributed by atoms with Crippen molar-refractivity contribution in [1.29, 1.82) is 0 Å². The number of benzene rings is 3. The third-order valence-corrected chi connectivity index (χ3v) is 9.38. The smallest absolute Gasteiger partial charge is 0.323 e. The van der Waals surface area contributed by atoms with Crippen LogP contribution in [0.5, 0.6) is 17.2 Å². The fourth-order valence-electron chi connectivity index (χ4n) is 6.39. The van der Waals surface area contributed by atoms with Crippen LogP contribution >= 0.6 is 0 Å². The summed E-state index contributed by atoms with van der Waals surface area (Å²) in [6.45, 7) is 9.45. The number of fused-ring (bicyclic) bond motifs is 2. The van der Waals surface area contributed by atoms with Gasteiger partial charge in [-0.1, -0.05) is 32.9 Å². The zero-order valence-corrected chi connectivity index (χ0v) is 29.3. The van der Waals surface area contributed by atoms with Crippen molar-refractivity contribution in [2.45, 2.75) is 58.5 Å². The zero-order valence-electron chi connectivity index (χ0n) is 28.5. The average Bonchev–Trinajstić information content (AvgIpc) is 3.69. The zero-order chi connectivity index (χ0) is 34.9. The second kappa shape index (κ2) is 13.6. The number of carbonyl (C=O) groups excluding carboxylic acids is 1. The van der Waals surface area contributed by atoms with Gasteiger partial charge in [0, 0.05) is 30.9 Å². The van der Waals surface area contributed by atoms with Crippen molar-refractivity contribution in [3.63, 3.8) is 0 Å². The molecule has 0 fully saturated rings. The Morgan fingerprint density at radius 3 is 2.47 bits per heavy atom. The van der Waals surface area contributed by atoms with Crippen LogP contribution in [0.15, 0.2) is 48.5 Å². The maximum atomic E-state index is 13.3. The fraction of sp³-hybridized carbons (Fsp3) is 0.400. The van der Waals surface area contributed by atoms with Gasteiger partial charge in [0.1, 0.15) is 23.9 Å². The van der Waals surface area contributed by atoms with Gasteiger partial charge < -0.3 is 29.8 Å². The number of amides is 2. The van der Waals surface area contributed by atoms with Crippen LogP contribution in [0, 0.1) is 0 Å². The van der Waals surface area contributed by atoms with Crippen LogP contribution in [0.2, 0.25) is 0 Å². The van der Waals surface area contributed by atoms with E-state index in [1.807, 2.05) is 39.0 Å². The molecule has 3 aromatic carbocycles. The first-order chi connectivity index (χ1) is 23.3. The van der Waals surface area contributed by atoms with Crippen molar-refractivity contribution >= 4 is 33.1 Å². The first-order valence-electron chi connectivity index (χ1n) is 16.3. The summed E-state index contributed by atoms with van der Waals surface area (Å²) in [5.41, 5.74) is 4.78. The molecule has 0 spiro atoms. The number of methoxy groups -OCH3 is 1. The van der Waals surface area contributed by atoms with Crippen LogP contribution < -0.4 is 24.8 Å². The van der Waals surface area contributed by atoms with Crippen LogP contribution in [0.25, 0.3) is 11.4 Å². The third-order valence-electron chi connectivity index (χ3n) is 8.79. The lowest BCUT2D eigenvalue weighted by Crippen LogP contribution is -2.36. The van der Waals surface area contributed by atoms with Gasteiger partial charge >= 0.3 is 6.03 Å². The highest BCUT2D eigenvalue weighted by atomic mass is 32.2. The second-order valence-corrected chi connectivity index (χ2v) is 15.2. The summed E-state index contributed by atoms with van der Waals surface area (Å²) in [5, 5.41) is 24.5. The highest BCUT2D eigenvalue weighted by molar-refractivity contribution is 7.92. The molecule has 2 amide bonds. The van der Waals surface area contributed by atoms with E-state index in [4.69, 9.17) is 9.47 Å². The van der Waals surface area contributed by atoms with E-state index in [1.165, 1.54) is 7.11 Å². The molecule has 49 heavy (non-hydrogen) atoms. The van der Waals surface area contributed by atoms with Crippen molar-refractivity contribution in [2.75, 3.05) is 48.4 Å². The molecule has 4 aromatic rings. The minimum absolute atomic E-state index is 0.199. The molecule has 4 N–H and O–H groups in total. The predicted octanol–water partition coefficient (Wildman–Crippen LogP) is 5.36. The van der Waals surface area contributed by atoms with Gasteiger partial charge in [-0.3, -0.25) is 9.62 Å². The average molecular weight is 690 g/mol. The van der Waals surface area contributed by atoms with E-state index in [9.17, 15) is 18.3 Å². The number of nitrogens with zero attached hydrogens (tertiary/aromatic N) is 4. The van der Waals surface area contributed by atoms with E-state index in [0.717, 1.165) is 84.8 Å². The Hall–Kier alpha value is -4.82. The molecule has 1 aliphatic carbocycles. The number of carbonyl (C=O) groups is 1. The quantitative estimate of drug-likeness (QED) is 0.172. The molecule has 6 rings (SSSR count). The lowest BCUT2D eigenvalue weighted by Gasteiger charge is -2.27. The number of phenolic OH excluding ortho intramolecular Hbond substituents is 1. The molecule has 2 heterocycles. The van der Waals surface area contributed by atoms with Gasteiger partial charge in [-0.15, -0.1) is 10.2 Å². The highest BCUT2D eigenvalue weighted by Crippen LogP contribution is 2.40. The predicted molar refractivity (Wildman–Crippen MR) is 189 cm³/mol. The lowest BCUT2D eigenvalue weighted by atomic mass is 9.86. The van der Waals surface area contributed by atoms with Gasteiger partial charge in [0.2, 0.25) is 10.0 Å². The molecular weight excluding hydrogens is 646 g/mol. The van der Waals surface area contributed by atoms with Crippen LogP contribution in [0.4, 0.5) is 21.9 Å². The number of rotatable bonds is 10. The lowest BCUT2D eigenvalue weighted by molar-refractivity contribution is 0.174. The van der Waals surface area contributed by atoms with E-state index in [-0.39, 0.29) is 22.6 Å². The first-order valence-corrected chi connectivity index (χ1v) is 18.2. The van der Waals surface area contributed by atoms with Gasteiger partial charge in [0.25, 0.3) is 0 Å². The van der Waals surface area contributed by atoms with E-state index in [2.05, 4.69) is 35.0 Å². The van der Waals surface area contributed by atoms with Crippen molar-refractivity contribution in [3.8, 4) is 28.6 Å². The topological polar surface area (TPSA) is 160 Å². The molecule has 0 unspecified atom stereocenters. The van der Waals surface area contributed by atoms with Crippen LogP contribution in [-0.4, -0.2) is 72.3 Å². The second-order valence-electron chi connectivity index (χ2n) is 13.5. The molecule has 2 aliphatic rings. The van der Waals surface area contributed by atoms with Gasteiger partial charge in [0.05, 0.1) is 31.3 Å². The molecule has 0 saturated heterocycles. The van der Waals surface area contributed by atoms with Gasteiger partial charge in [-0.25, -0.2) is 13.2 Å². The highest BCUT2D eigenvalue weighted by Gasteiger charge is 2.25. The minimum atomic E-state index is -3.60. The van der Waals surface area contributed by atoms with Gasteiger partial charge in [-0.2, -0.15) is 0 Å². The maximum absolute atomic E-state index is 13.3. The Labute approximate surface area is 286 Å². The molecule has 0 atom stereocenters. The first kappa shape index (κ1) is 34.1. The van der Waals surface area contributed by atoms with Gasteiger partial charge in [0.15, 0.2) is 11.6 Å². The minimum Gasteiger partial charge on any atom is -0.508 e. The number of phenols is 1. The Bertz CT molecular complexity index is 1990. The third kappa shape index (κ3) is 7.75. The Morgan fingerprint density at radius 2 is 1.73 bits per heavy atom. The van der Waals surface area contributed by atoms with Crippen molar-refractivity contribution in [2.24, 2.45) is 0 Å². The number of urea groups is 1. The summed E-state index contributed by atoms with van der Waals surface area (Å²) in [7, 11) is -2.17. The summed E-state index contributed by atoms with van der Waals surface area (Å²) in [5.74, 6) is 2.87. The number of hydrogen-bond donors (Lipinski definition) is 4. The fourth-order valence-corrected chi connectivity index (χ4v) is 6.94. The van der Waals surface area contributed by atoms with E-state index in [1.54, 1.807) is 30.3 Å². The van der Waals surface area contributed by atoms with Crippen LogP contribution in [0.1, 0.15) is 49.7 Å². The van der Waals surface area contributed by atoms with E-state index in [0.29, 0.717) is 24.5 Å². The van der Waals surface area contributed by atoms with Crippen LogP contribution in [-0.2, 0) is 41.4 Å². The molecule has 14 heteroatoms. The molecular formula is C35H43N7O6S. The number of hydrogen-bond acceptors (Lipinski definition) is 9. The molecule has 1 aliphatic heterocycles. The summed E-state index contributed by atoms with van der Waals surface area (Å²) in [6, 6.07) is 13.9. The number of anilines is 3. The summed E-state index contributed by atoms with van der Waals surface area (Å²) < 4.78 is 40.6. The van der Waals surface area contributed by atoms with E-state index < -0.39 is 16.1 Å².